The highest BCUT2D eigenvalue weighted by atomic mass is 32.1. The summed E-state index contributed by atoms with van der Waals surface area (Å²) in [5.41, 5.74) is 6.79. The maximum Gasteiger partial charge on any atom is 0.135 e. The lowest BCUT2D eigenvalue weighted by Gasteiger charge is -2.12. The Hall–Kier alpha value is -1.69. The summed E-state index contributed by atoms with van der Waals surface area (Å²) in [4.78, 5) is 13.0. The number of hydrogen-bond donors (Lipinski definition) is 2. The quantitative estimate of drug-likeness (QED) is 0.886. The molecule has 2 heterocycles. The number of anilines is 2. The lowest BCUT2D eigenvalue weighted by Crippen LogP contribution is -2.10. The second-order valence-corrected chi connectivity index (χ2v) is 5.35. The molecule has 6 heteroatoms. The molecule has 0 aromatic carbocycles. The number of nitrogens with two attached hydrogens (primary N) is 1. The maximum atomic E-state index is 5.90. The molecule has 0 fully saturated rings. The minimum atomic E-state index is 0.258. The van der Waals surface area contributed by atoms with Gasteiger partial charge in [-0.05, 0) is 6.92 Å². The van der Waals surface area contributed by atoms with E-state index < -0.39 is 0 Å². The average Bonchev–Trinajstić information content (AvgIpc) is 2.83. The van der Waals surface area contributed by atoms with Crippen molar-refractivity contribution in [1.29, 1.82) is 0 Å². The van der Waals surface area contributed by atoms with E-state index in [0.29, 0.717) is 12.4 Å². The van der Waals surface area contributed by atoms with Gasteiger partial charge in [0.05, 0.1) is 6.54 Å². The Morgan fingerprint density at radius 2 is 2.17 bits per heavy atom. The zero-order valence-electron chi connectivity index (χ0n) is 10.8. The van der Waals surface area contributed by atoms with Crippen LogP contribution in [0.25, 0.3) is 0 Å². The monoisotopic (exact) mass is 263 g/mol. The Morgan fingerprint density at radius 1 is 1.39 bits per heavy atom. The molecule has 96 valence electrons. The minimum Gasteiger partial charge on any atom is -0.383 e. The van der Waals surface area contributed by atoms with Crippen LogP contribution in [-0.4, -0.2) is 15.0 Å². The second kappa shape index (κ2) is 5.30. The molecular formula is C12H17N5S. The summed E-state index contributed by atoms with van der Waals surface area (Å²) in [6, 6.07) is 0. The van der Waals surface area contributed by atoms with Crippen LogP contribution in [0.1, 0.15) is 36.2 Å². The Balaban J connectivity index is 2.20. The van der Waals surface area contributed by atoms with Gasteiger partial charge in [-0.25, -0.2) is 15.0 Å². The zero-order chi connectivity index (χ0) is 13.1. The molecule has 0 spiro atoms. The Morgan fingerprint density at radius 3 is 2.78 bits per heavy atom. The molecule has 3 N–H and O–H groups in total. The second-order valence-electron chi connectivity index (χ2n) is 4.37. The van der Waals surface area contributed by atoms with Gasteiger partial charge < -0.3 is 11.1 Å². The van der Waals surface area contributed by atoms with Crippen molar-refractivity contribution in [3.63, 3.8) is 0 Å². The third-order valence-electron chi connectivity index (χ3n) is 2.61. The largest absolute Gasteiger partial charge is 0.383 e. The lowest BCUT2D eigenvalue weighted by molar-refractivity contribution is 0.774. The van der Waals surface area contributed by atoms with Gasteiger partial charge in [-0.3, -0.25) is 0 Å². The van der Waals surface area contributed by atoms with E-state index in [1.54, 1.807) is 17.5 Å². The fraction of sp³-hybridized carbons (Fsp3) is 0.417. The molecule has 0 unspecified atom stereocenters. The first kappa shape index (κ1) is 12.8. The molecular weight excluding hydrogens is 246 g/mol. The zero-order valence-corrected chi connectivity index (χ0v) is 11.6. The van der Waals surface area contributed by atoms with Gasteiger partial charge >= 0.3 is 0 Å². The molecule has 0 amide bonds. The van der Waals surface area contributed by atoms with Gasteiger partial charge in [0.2, 0.25) is 0 Å². The molecule has 0 saturated heterocycles. The SMILES string of the molecule is Cc1c(N)nc(C(C)C)nc1NCc1nccs1. The van der Waals surface area contributed by atoms with Crippen molar-refractivity contribution < 1.29 is 0 Å². The summed E-state index contributed by atoms with van der Waals surface area (Å²) in [6.45, 7) is 6.68. The van der Waals surface area contributed by atoms with Crippen molar-refractivity contribution in [2.24, 2.45) is 0 Å². The lowest BCUT2D eigenvalue weighted by atomic mass is 10.2. The average molecular weight is 263 g/mol. The standard InChI is InChI=1S/C12H17N5S/c1-7(2)11-16-10(13)8(3)12(17-11)15-6-9-14-4-5-18-9/h4-5,7H,6H2,1-3H3,(H3,13,15,16,17). The summed E-state index contributed by atoms with van der Waals surface area (Å²) in [5, 5.41) is 6.25. The number of nitrogens with one attached hydrogen (secondary N) is 1. The van der Waals surface area contributed by atoms with Crippen LogP contribution >= 0.6 is 11.3 Å². The first-order valence-electron chi connectivity index (χ1n) is 5.84. The van der Waals surface area contributed by atoms with E-state index >= 15 is 0 Å². The van der Waals surface area contributed by atoms with Crippen LogP contribution in [0.4, 0.5) is 11.6 Å². The number of nitrogen functional groups attached to an aromatic ring is 1. The Labute approximate surface area is 111 Å². The van der Waals surface area contributed by atoms with E-state index in [-0.39, 0.29) is 5.92 Å². The molecule has 2 aromatic rings. The molecule has 18 heavy (non-hydrogen) atoms. The van der Waals surface area contributed by atoms with Crippen LogP contribution < -0.4 is 11.1 Å². The predicted octanol–water partition coefficient (Wildman–Crippen LogP) is 2.56. The van der Waals surface area contributed by atoms with Crippen LogP contribution in [0.3, 0.4) is 0 Å². The number of hydrogen-bond acceptors (Lipinski definition) is 6. The molecule has 0 aliphatic heterocycles. The Kier molecular flexibility index (Phi) is 3.76. The molecule has 2 aromatic heterocycles. The minimum absolute atomic E-state index is 0.258. The van der Waals surface area contributed by atoms with Crippen molar-refractivity contribution in [2.75, 3.05) is 11.1 Å². The molecule has 0 saturated carbocycles. The van der Waals surface area contributed by atoms with Crippen molar-refractivity contribution >= 4 is 23.0 Å². The maximum absolute atomic E-state index is 5.90. The number of aromatic nitrogens is 3. The molecule has 0 bridgehead atoms. The van der Waals surface area contributed by atoms with Crippen LogP contribution in [0.2, 0.25) is 0 Å². The van der Waals surface area contributed by atoms with Gasteiger partial charge in [0.15, 0.2) is 0 Å². The topological polar surface area (TPSA) is 76.7 Å². The Bertz CT molecular complexity index is 522. The summed E-state index contributed by atoms with van der Waals surface area (Å²) in [7, 11) is 0. The third-order valence-corrected chi connectivity index (χ3v) is 3.39. The highest BCUT2D eigenvalue weighted by Crippen LogP contribution is 2.21. The number of nitrogens with zero attached hydrogens (tertiary/aromatic N) is 3. The van der Waals surface area contributed by atoms with Crippen molar-refractivity contribution in [3.05, 3.63) is 28.0 Å². The highest BCUT2D eigenvalue weighted by molar-refractivity contribution is 7.09. The van der Waals surface area contributed by atoms with Crippen LogP contribution in [-0.2, 0) is 6.54 Å². The first-order valence-corrected chi connectivity index (χ1v) is 6.72. The molecule has 5 nitrogen and oxygen atoms in total. The van der Waals surface area contributed by atoms with E-state index in [1.807, 2.05) is 12.3 Å². The summed E-state index contributed by atoms with van der Waals surface area (Å²) < 4.78 is 0. The fourth-order valence-electron chi connectivity index (χ4n) is 1.48. The number of thiazole rings is 1. The fourth-order valence-corrected chi connectivity index (χ4v) is 2.04. The number of rotatable bonds is 4. The van der Waals surface area contributed by atoms with E-state index in [4.69, 9.17) is 5.73 Å². The highest BCUT2D eigenvalue weighted by Gasteiger charge is 2.11. The normalized spacial score (nSPS) is 10.9. The van der Waals surface area contributed by atoms with Crippen LogP contribution in [0.5, 0.6) is 0 Å². The van der Waals surface area contributed by atoms with Gasteiger partial charge in [-0.1, -0.05) is 13.8 Å². The van der Waals surface area contributed by atoms with Gasteiger partial charge in [0, 0.05) is 23.1 Å². The van der Waals surface area contributed by atoms with E-state index in [9.17, 15) is 0 Å². The van der Waals surface area contributed by atoms with E-state index in [1.165, 1.54) is 0 Å². The molecule has 0 radical (unpaired) electrons. The van der Waals surface area contributed by atoms with Crippen molar-refractivity contribution in [3.8, 4) is 0 Å². The molecule has 0 aliphatic carbocycles. The van der Waals surface area contributed by atoms with Crippen molar-refractivity contribution in [2.45, 2.75) is 33.2 Å². The van der Waals surface area contributed by atoms with Gasteiger partial charge in [-0.15, -0.1) is 11.3 Å². The third kappa shape index (κ3) is 2.76. The summed E-state index contributed by atoms with van der Waals surface area (Å²) in [5.74, 6) is 2.35. The van der Waals surface area contributed by atoms with Crippen LogP contribution in [0, 0.1) is 6.92 Å². The smallest absolute Gasteiger partial charge is 0.135 e. The van der Waals surface area contributed by atoms with Gasteiger partial charge in [-0.2, -0.15) is 0 Å². The first-order chi connectivity index (χ1) is 8.58. The summed E-state index contributed by atoms with van der Waals surface area (Å²) in [6.07, 6.45) is 1.79. The van der Waals surface area contributed by atoms with Gasteiger partial charge in [0.1, 0.15) is 22.5 Å². The van der Waals surface area contributed by atoms with Crippen LogP contribution in [0.15, 0.2) is 11.6 Å². The van der Waals surface area contributed by atoms with Crippen molar-refractivity contribution in [1.82, 2.24) is 15.0 Å². The van der Waals surface area contributed by atoms with E-state index in [0.717, 1.165) is 22.2 Å². The predicted molar refractivity (Wildman–Crippen MR) is 74.7 cm³/mol. The van der Waals surface area contributed by atoms with E-state index in [2.05, 4.69) is 34.1 Å². The molecule has 0 atom stereocenters. The van der Waals surface area contributed by atoms with Gasteiger partial charge in [0.25, 0.3) is 0 Å². The summed E-state index contributed by atoms with van der Waals surface area (Å²) >= 11 is 1.61. The molecule has 2 rings (SSSR count). The molecule has 0 aliphatic rings.